The first kappa shape index (κ1) is 35.6. The van der Waals surface area contributed by atoms with Crippen LogP contribution in [0.1, 0.15) is 92.7 Å². The number of carbonyl (C=O) groups is 1. The maximum absolute atomic E-state index is 13.0. The molecule has 1 aromatic heterocycles. The van der Waals surface area contributed by atoms with Crippen LogP contribution in [0, 0.1) is 11.8 Å². The number of aromatic nitrogens is 1. The summed E-state index contributed by atoms with van der Waals surface area (Å²) >= 11 is 13.4. The van der Waals surface area contributed by atoms with Crippen molar-refractivity contribution in [1.82, 2.24) is 14.8 Å². The maximum Gasteiger partial charge on any atom is 0.329 e. The van der Waals surface area contributed by atoms with E-state index in [9.17, 15) is 9.90 Å². The Morgan fingerprint density at radius 2 is 1.88 bits per heavy atom. The number of pyridine rings is 1. The van der Waals surface area contributed by atoms with Gasteiger partial charge in [0.1, 0.15) is 11.3 Å². The van der Waals surface area contributed by atoms with Crippen LogP contribution in [0.25, 0.3) is 0 Å². The molecule has 4 aliphatic rings. The van der Waals surface area contributed by atoms with E-state index in [0.29, 0.717) is 42.2 Å². The van der Waals surface area contributed by atoms with Gasteiger partial charge in [-0.15, -0.1) is 0 Å². The first-order valence-corrected chi connectivity index (χ1v) is 19.4. The van der Waals surface area contributed by atoms with E-state index in [2.05, 4.69) is 53.1 Å². The van der Waals surface area contributed by atoms with Gasteiger partial charge in [-0.1, -0.05) is 49.2 Å². The lowest BCUT2D eigenvalue weighted by molar-refractivity contribution is -0.144. The topological polar surface area (TPSA) is 77.9 Å². The van der Waals surface area contributed by atoms with Crippen LogP contribution in [-0.2, 0) is 29.6 Å². The minimum Gasteiger partial charge on any atom is -0.493 e. The van der Waals surface area contributed by atoms with Crippen LogP contribution in [0.5, 0.6) is 5.75 Å². The normalized spacial score (nSPS) is 27.5. The fourth-order valence-corrected chi connectivity index (χ4v) is 9.98. The Hall–Kier alpha value is -2.84. The maximum atomic E-state index is 13.0. The number of nitrogens with one attached hydrogen (secondary N) is 1. The molecule has 1 saturated carbocycles. The molecule has 2 fully saturated rings. The molecule has 3 aliphatic carbocycles. The molecule has 0 radical (unpaired) electrons. The summed E-state index contributed by atoms with van der Waals surface area (Å²) < 4.78 is 6.60. The molecule has 0 amide bonds. The molecule has 2 heterocycles. The highest BCUT2D eigenvalue weighted by molar-refractivity contribution is 6.31. The fourth-order valence-electron chi connectivity index (χ4n) is 9.54. The van der Waals surface area contributed by atoms with Crippen molar-refractivity contribution in [2.45, 2.75) is 95.1 Å². The molecule has 2 aromatic carbocycles. The van der Waals surface area contributed by atoms with Crippen LogP contribution in [0.4, 0.5) is 5.69 Å². The number of aryl methyl sites for hydroxylation is 1. The van der Waals surface area contributed by atoms with Gasteiger partial charge in [0.25, 0.3) is 0 Å². The summed E-state index contributed by atoms with van der Waals surface area (Å²) in [6.07, 6.45) is 9.91. The molecule has 3 aromatic rings. The third-order valence-electron chi connectivity index (χ3n) is 12.4. The van der Waals surface area contributed by atoms with Crippen LogP contribution < -0.4 is 10.1 Å². The summed E-state index contributed by atoms with van der Waals surface area (Å²) in [6, 6.07) is 14.1. The van der Waals surface area contributed by atoms with Crippen LogP contribution in [0.15, 0.2) is 48.7 Å². The summed E-state index contributed by atoms with van der Waals surface area (Å²) in [5.74, 6) is 1.35. The van der Waals surface area contributed by atoms with Gasteiger partial charge in [0.05, 0.1) is 6.61 Å². The van der Waals surface area contributed by atoms with Crippen molar-refractivity contribution in [2.24, 2.45) is 11.8 Å². The molecule has 50 heavy (non-hydrogen) atoms. The van der Waals surface area contributed by atoms with E-state index in [-0.39, 0.29) is 5.41 Å². The molecule has 7 rings (SSSR count). The van der Waals surface area contributed by atoms with Crippen molar-refractivity contribution >= 4 is 34.9 Å². The van der Waals surface area contributed by atoms with Gasteiger partial charge in [-0.25, -0.2) is 4.79 Å². The zero-order valence-corrected chi connectivity index (χ0v) is 31.3. The van der Waals surface area contributed by atoms with Gasteiger partial charge < -0.3 is 20.1 Å². The van der Waals surface area contributed by atoms with Gasteiger partial charge in [-0.3, -0.25) is 9.88 Å². The number of anilines is 1. The van der Waals surface area contributed by atoms with Crippen LogP contribution in [0.2, 0.25) is 10.0 Å². The Balaban J connectivity index is 1.15. The standard InChI is InChI=1S/C41H52Cl2N4O3/c1-27(26-50-37-10-15-44-36-9-4-6-28(2)38(36)37)20-31-21-29-23-35(43)30(25-47-18-16-46(3)17-19-47)22-34(29)40(31)11-13-41(14-12-40,39(48)49)45-33-8-5-7-32(42)24-33/h5,7-8,10,15,22-24,27-28,31,45H,4,6,9,11-14,16-21,25-26H2,1-3H3,(H,48,49)/t27-,28-,31?,40?,41?/m1/s1. The van der Waals surface area contributed by atoms with E-state index in [1.165, 1.54) is 40.8 Å². The monoisotopic (exact) mass is 718 g/mol. The van der Waals surface area contributed by atoms with E-state index in [1.54, 1.807) is 0 Å². The second-order valence-electron chi connectivity index (χ2n) is 15.9. The number of rotatable bonds is 10. The first-order valence-electron chi connectivity index (χ1n) is 18.7. The highest BCUT2D eigenvalue weighted by Gasteiger charge is 2.54. The SMILES string of the molecule is C[C@@H](COc1ccnc2c1[C@H](C)CCC2)CC1Cc2cc(Cl)c(CN3CCN(C)CC3)cc2C12CCC(Nc1cccc(Cl)c1)(C(=O)O)CC2. The van der Waals surface area contributed by atoms with Crippen molar-refractivity contribution in [3.63, 3.8) is 0 Å². The number of likely N-dealkylation sites (N-methyl/N-ethyl adjacent to an activating group) is 1. The average molecular weight is 720 g/mol. The Bertz CT molecular complexity index is 1700. The lowest BCUT2D eigenvalue weighted by atomic mass is 9.59. The molecule has 1 unspecified atom stereocenters. The van der Waals surface area contributed by atoms with Crippen molar-refractivity contribution in [3.8, 4) is 5.75 Å². The molecular weight excluding hydrogens is 667 g/mol. The minimum atomic E-state index is -1.05. The summed E-state index contributed by atoms with van der Waals surface area (Å²) in [7, 11) is 2.18. The van der Waals surface area contributed by atoms with E-state index < -0.39 is 11.5 Å². The molecule has 0 bridgehead atoms. The first-order chi connectivity index (χ1) is 24.0. The van der Waals surface area contributed by atoms with E-state index in [1.807, 2.05) is 36.5 Å². The summed E-state index contributed by atoms with van der Waals surface area (Å²) in [5.41, 5.74) is 5.98. The smallest absolute Gasteiger partial charge is 0.329 e. The number of carboxylic acids is 1. The zero-order valence-electron chi connectivity index (χ0n) is 29.8. The molecule has 9 heteroatoms. The lowest BCUT2D eigenvalue weighted by Crippen LogP contribution is -2.53. The van der Waals surface area contributed by atoms with Gasteiger partial charge in [0.15, 0.2) is 0 Å². The second kappa shape index (κ2) is 14.7. The van der Waals surface area contributed by atoms with E-state index >= 15 is 0 Å². The highest BCUT2D eigenvalue weighted by atomic mass is 35.5. The van der Waals surface area contributed by atoms with E-state index in [4.69, 9.17) is 27.9 Å². The van der Waals surface area contributed by atoms with Crippen molar-refractivity contribution < 1.29 is 14.6 Å². The van der Waals surface area contributed by atoms with Gasteiger partial charge in [0.2, 0.25) is 0 Å². The molecule has 7 nitrogen and oxygen atoms in total. The molecule has 1 spiro atoms. The molecule has 1 aliphatic heterocycles. The van der Waals surface area contributed by atoms with Gasteiger partial charge in [0, 0.05) is 65.9 Å². The highest BCUT2D eigenvalue weighted by Crippen LogP contribution is 2.57. The van der Waals surface area contributed by atoms with Gasteiger partial charge in [-0.05, 0) is 135 Å². The van der Waals surface area contributed by atoms with Crippen LogP contribution in [-0.4, -0.2) is 71.2 Å². The zero-order chi connectivity index (χ0) is 35.0. The van der Waals surface area contributed by atoms with Crippen molar-refractivity contribution in [3.05, 3.63) is 86.7 Å². The van der Waals surface area contributed by atoms with Crippen molar-refractivity contribution in [2.75, 3.05) is 45.2 Å². The second-order valence-corrected chi connectivity index (χ2v) is 16.7. The predicted molar refractivity (Wildman–Crippen MR) is 202 cm³/mol. The van der Waals surface area contributed by atoms with E-state index in [0.717, 1.165) is 81.3 Å². The van der Waals surface area contributed by atoms with Crippen LogP contribution >= 0.6 is 23.2 Å². The predicted octanol–water partition coefficient (Wildman–Crippen LogP) is 8.60. The Morgan fingerprint density at radius 3 is 2.62 bits per heavy atom. The third-order valence-corrected chi connectivity index (χ3v) is 13.0. The van der Waals surface area contributed by atoms with Gasteiger partial charge >= 0.3 is 5.97 Å². The summed E-state index contributed by atoms with van der Waals surface area (Å²) in [6.45, 7) is 10.3. The lowest BCUT2D eigenvalue weighted by Gasteiger charge is -2.47. The number of piperazine rings is 1. The van der Waals surface area contributed by atoms with Gasteiger partial charge in [-0.2, -0.15) is 0 Å². The van der Waals surface area contributed by atoms with Crippen LogP contribution in [0.3, 0.4) is 0 Å². The number of halogens is 2. The molecule has 1 saturated heterocycles. The number of ether oxygens (including phenoxy) is 1. The number of carboxylic acid groups (broad SMARTS) is 1. The number of aliphatic carboxylic acids is 1. The largest absolute Gasteiger partial charge is 0.493 e. The number of hydrogen-bond donors (Lipinski definition) is 2. The van der Waals surface area contributed by atoms with Crippen molar-refractivity contribution in [1.29, 1.82) is 0 Å². The molecule has 2 N–H and O–H groups in total. The molecule has 3 atom stereocenters. The third kappa shape index (κ3) is 7.13. The average Bonchev–Trinajstić information content (AvgIpc) is 3.36. The number of nitrogens with zero attached hydrogens (tertiary/aromatic N) is 3. The minimum absolute atomic E-state index is 0.121. The number of fused-ring (bicyclic) bond motifs is 3. The Morgan fingerprint density at radius 1 is 1.10 bits per heavy atom. The quantitative estimate of drug-likeness (QED) is 0.217. The summed E-state index contributed by atoms with van der Waals surface area (Å²) in [4.78, 5) is 22.6. The number of benzene rings is 2. The number of hydrogen-bond acceptors (Lipinski definition) is 6. The Kier molecular flexibility index (Phi) is 10.4. The molecular formula is C41H52Cl2N4O3. The fraction of sp³-hybridized carbons (Fsp3) is 0.561. The molecule has 268 valence electrons. The summed E-state index contributed by atoms with van der Waals surface area (Å²) in [5, 5.41) is 15.5. The Labute approximate surface area is 307 Å².